The van der Waals surface area contributed by atoms with Crippen LogP contribution in [0.1, 0.15) is 56.3 Å². The Hall–Kier alpha value is -0.830. The number of carbonyl (C=O) groups excluding carboxylic acids is 1. The molecule has 2 nitrogen and oxygen atoms in total. The monoisotopic (exact) mass is 323 g/mol. The number of hydrogen-bond acceptors (Lipinski definition) is 2. The molecule has 19 heavy (non-hydrogen) atoms. The molecule has 0 saturated carbocycles. The van der Waals surface area contributed by atoms with Crippen molar-refractivity contribution in [2.45, 2.75) is 52.0 Å². The highest BCUT2D eigenvalue weighted by atomic mass is 79.9. The second-order valence-electron chi connectivity index (χ2n) is 5.33. The lowest BCUT2D eigenvalue weighted by Crippen LogP contribution is -2.34. The summed E-state index contributed by atoms with van der Waals surface area (Å²) in [4.78, 5) is 14.0. The summed E-state index contributed by atoms with van der Waals surface area (Å²) in [6.45, 7) is 5.01. The lowest BCUT2D eigenvalue weighted by molar-refractivity contribution is 0.101. The summed E-state index contributed by atoms with van der Waals surface area (Å²) >= 11 is 3.53. The molecular formula is C16H22BrNO. The van der Waals surface area contributed by atoms with Gasteiger partial charge in [0.1, 0.15) is 0 Å². The van der Waals surface area contributed by atoms with E-state index in [1.54, 1.807) is 6.92 Å². The number of hydrogen-bond donors (Lipinski definition) is 0. The minimum Gasteiger partial charge on any atom is -0.369 e. The summed E-state index contributed by atoms with van der Waals surface area (Å²) in [7, 11) is 0. The van der Waals surface area contributed by atoms with Crippen molar-refractivity contribution >= 4 is 27.4 Å². The Bertz CT molecular complexity index is 458. The fourth-order valence-electron chi connectivity index (χ4n) is 2.91. The van der Waals surface area contributed by atoms with Gasteiger partial charge in [-0.25, -0.2) is 0 Å². The molecule has 1 fully saturated rings. The number of carbonyl (C=O) groups is 1. The first kappa shape index (κ1) is 14.6. The maximum absolute atomic E-state index is 11.5. The Morgan fingerprint density at radius 1 is 1.37 bits per heavy atom. The van der Waals surface area contributed by atoms with Crippen LogP contribution in [0, 0.1) is 0 Å². The highest BCUT2D eigenvalue weighted by molar-refractivity contribution is 9.10. The molecule has 1 atom stereocenters. The van der Waals surface area contributed by atoms with E-state index < -0.39 is 0 Å². The Kier molecular flexibility index (Phi) is 5.03. The van der Waals surface area contributed by atoms with Gasteiger partial charge in [-0.05, 0) is 60.3 Å². The molecule has 1 aliphatic heterocycles. The summed E-state index contributed by atoms with van der Waals surface area (Å²) in [5, 5.41) is 0. The van der Waals surface area contributed by atoms with Crippen LogP contribution in [0.4, 0.5) is 5.69 Å². The molecule has 0 aromatic heterocycles. The third-order valence-corrected chi connectivity index (χ3v) is 4.67. The van der Waals surface area contributed by atoms with Crippen molar-refractivity contribution in [2.24, 2.45) is 0 Å². The molecule has 2 rings (SSSR count). The van der Waals surface area contributed by atoms with Crippen molar-refractivity contribution in [1.82, 2.24) is 0 Å². The number of Topliss-reactive ketones (excluding diaryl/α,β-unsaturated/α-hetero) is 1. The molecule has 104 valence electrons. The predicted octanol–water partition coefficient (Wildman–Crippen LogP) is 4.81. The minimum absolute atomic E-state index is 0.112. The Labute approximate surface area is 124 Å². The van der Waals surface area contributed by atoms with E-state index in [4.69, 9.17) is 0 Å². The van der Waals surface area contributed by atoms with E-state index >= 15 is 0 Å². The molecule has 1 unspecified atom stereocenters. The number of anilines is 1. The minimum atomic E-state index is 0.112. The van der Waals surface area contributed by atoms with Crippen molar-refractivity contribution < 1.29 is 4.79 Å². The summed E-state index contributed by atoms with van der Waals surface area (Å²) < 4.78 is 0.914. The molecule has 0 amide bonds. The molecule has 1 heterocycles. The van der Waals surface area contributed by atoms with Gasteiger partial charge in [-0.3, -0.25) is 4.79 Å². The smallest absolute Gasteiger partial charge is 0.160 e. The van der Waals surface area contributed by atoms with Crippen molar-refractivity contribution in [1.29, 1.82) is 0 Å². The molecule has 1 aromatic carbocycles. The van der Waals surface area contributed by atoms with Gasteiger partial charge in [0.15, 0.2) is 5.78 Å². The van der Waals surface area contributed by atoms with Crippen molar-refractivity contribution in [3.8, 4) is 0 Å². The average Bonchev–Trinajstić information content (AvgIpc) is 2.63. The maximum atomic E-state index is 11.5. The van der Waals surface area contributed by atoms with Crippen LogP contribution in [0.2, 0.25) is 0 Å². The zero-order valence-corrected chi connectivity index (χ0v) is 13.4. The molecular weight excluding hydrogens is 302 g/mol. The van der Waals surface area contributed by atoms with E-state index in [2.05, 4.69) is 39.9 Å². The summed E-state index contributed by atoms with van der Waals surface area (Å²) in [5.41, 5.74) is 2.01. The molecule has 1 aliphatic rings. The van der Waals surface area contributed by atoms with Gasteiger partial charge >= 0.3 is 0 Å². The van der Waals surface area contributed by atoms with Crippen LogP contribution in [-0.2, 0) is 0 Å². The van der Waals surface area contributed by atoms with E-state index in [1.807, 2.05) is 6.07 Å². The third kappa shape index (κ3) is 3.38. The van der Waals surface area contributed by atoms with E-state index in [1.165, 1.54) is 37.8 Å². The fraction of sp³-hybridized carbons (Fsp3) is 0.562. The first-order valence-electron chi connectivity index (χ1n) is 7.20. The van der Waals surface area contributed by atoms with Crippen LogP contribution in [0.15, 0.2) is 22.7 Å². The number of benzene rings is 1. The summed E-state index contributed by atoms with van der Waals surface area (Å²) in [6.07, 6.45) is 6.40. The van der Waals surface area contributed by atoms with Crippen molar-refractivity contribution in [3.05, 3.63) is 28.2 Å². The van der Waals surface area contributed by atoms with Gasteiger partial charge in [0.2, 0.25) is 0 Å². The number of nitrogens with zero attached hydrogens (tertiary/aromatic N) is 1. The highest BCUT2D eigenvalue weighted by Gasteiger charge is 2.20. The molecule has 3 heteroatoms. The van der Waals surface area contributed by atoms with Crippen molar-refractivity contribution in [2.75, 3.05) is 11.4 Å². The highest BCUT2D eigenvalue weighted by Crippen LogP contribution is 2.29. The third-order valence-electron chi connectivity index (χ3n) is 4.01. The molecule has 0 spiro atoms. The van der Waals surface area contributed by atoms with Gasteiger partial charge in [-0.2, -0.15) is 0 Å². The SMILES string of the molecule is CCC1CCCCCN1c1ccc(C(C)=O)c(Br)c1. The van der Waals surface area contributed by atoms with Crippen LogP contribution in [0.3, 0.4) is 0 Å². The molecule has 1 saturated heterocycles. The topological polar surface area (TPSA) is 20.3 Å². The van der Waals surface area contributed by atoms with E-state index in [0.717, 1.165) is 16.6 Å². The quantitative estimate of drug-likeness (QED) is 0.744. The molecule has 1 aromatic rings. The molecule has 0 N–H and O–H groups in total. The second kappa shape index (κ2) is 6.56. The van der Waals surface area contributed by atoms with Gasteiger partial charge in [-0.15, -0.1) is 0 Å². The predicted molar refractivity (Wildman–Crippen MR) is 84.0 cm³/mol. The van der Waals surface area contributed by atoms with E-state index in [-0.39, 0.29) is 5.78 Å². The second-order valence-corrected chi connectivity index (χ2v) is 6.18. The number of ketones is 1. The van der Waals surface area contributed by atoms with Crippen LogP contribution < -0.4 is 4.90 Å². The van der Waals surface area contributed by atoms with Gasteiger partial charge in [0.05, 0.1) is 0 Å². The van der Waals surface area contributed by atoms with Crippen LogP contribution >= 0.6 is 15.9 Å². The molecule has 0 radical (unpaired) electrons. The van der Waals surface area contributed by atoms with E-state index in [0.29, 0.717) is 6.04 Å². The number of halogens is 1. The lowest BCUT2D eigenvalue weighted by Gasteiger charge is -2.31. The largest absolute Gasteiger partial charge is 0.369 e. The average molecular weight is 324 g/mol. The Morgan fingerprint density at radius 2 is 2.16 bits per heavy atom. The van der Waals surface area contributed by atoms with Gasteiger partial charge < -0.3 is 4.90 Å². The molecule has 0 bridgehead atoms. The van der Waals surface area contributed by atoms with E-state index in [9.17, 15) is 4.79 Å². The summed E-state index contributed by atoms with van der Waals surface area (Å²) in [5.74, 6) is 0.112. The van der Waals surface area contributed by atoms with Crippen LogP contribution in [0.5, 0.6) is 0 Å². The Balaban J connectivity index is 2.28. The van der Waals surface area contributed by atoms with Gasteiger partial charge in [0.25, 0.3) is 0 Å². The van der Waals surface area contributed by atoms with Gasteiger partial charge in [0, 0.05) is 28.3 Å². The van der Waals surface area contributed by atoms with Crippen LogP contribution in [0.25, 0.3) is 0 Å². The number of rotatable bonds is 3. The zero-order chi connectivity index (χ0) is 13.8. The maximum Gasteiger partial charge on any atom is 0.160 e. The Morgan fingerprint density at radius 3 is 2.79 bits per heavy atom. The lowest BCUT2D eigenvalue weighted by atomic mass is 10.1. The van der Waals surface area contributed by atoms with Crippen LogP contribution in [-0.4, -0.2) is 18.4 Å². The first-order valence-corrected chi connectivity index (χ1v) is 8.00. The fourth-order valence-corrected chi connectivity index (χ4v) is 3.56. The summed E-state index contributed by atoms with van der Waals surface area (Å²) in [6, 6.07) is 6.78. The molecule has 0 aliphatic carbocycles. The van der Waals surface area contributed by atoms with Gasteiger partial charge in [-0.1, -0.05) is 19.8 Å². The first-order chi connectivity index (χ1) is 9.13. The van der Waals surface area contributed by atoms with Crippen molar-refractivity contribution in [3.63, 3.8) is 0 Å². The standard InChI is InChI=1S/C16H22BrNO/c1-3-13-7-5-4-6-10-18(13)14-8-9-15(12(2)19)16(17)11-14/h8-9,11,13H,3-7,10H2,1-2H3. The zero-order valence-electron chi connectivity index (χ0n) is 11.8. The normalized spacial score (nSPS) is 20.2.